The van der Waals surface area contributed by atoms with Crippen molar-refractivity contribution in [1.29, 1.82) is 0 Å². The lowest BCUT2D eigenvalue weighted by molar-refractivity contribution is -0.142. The summed E-state index contributed by atoms with van der Waals surface area (Å²) in [5, 5.41) is 9.00. The standard InChI is InChI=1S/C11H19NO3/c1-3-4-5-6-9-8(11(14)15)7-10(13)12(9)2/h8-9H,3-7H2,1-2H3,(H,14,15)/t8-,9+/m0/s1. The van der Waals surface area contributed by atoms with E-state index in [-0.39, 0.29) is 18.4 Å². The minimum Gasteiger partial charge on any atom is -0.481 e. The van der Waals surface area contributed by atoms with Gasteiger partial charge in [-0.3, -0.25) is 9.59 Å². The predicted octanol–water partition coefficient (Wildman–Crippen LogP) is 1.50. The summed E-state index contributed by atoms with van der Waals surface area (Å²) in [5.41, 5.74) is 0. The van der Waals surface area contributed by atoms with E-state index in [1.807, 2.05) is 0 Å². The number of likely N-dealkylation sites (tertiary alicyclic amines) is 1. The van der Waals surface area contributed by atoms with Gasteiger partial charge in [-0.25, -0.2) is 0 Å². The first kappa shape index (κ1) is 12.0. The molecule has 0 saturated carbocycles. The molecule has 4 heteroatoms. The molecule has 0 spiro atoms. The highest BCUT2D eigenvalue weighted by Crippen LogP contribution is 2.28. The third kappa shape index (κ3) is 2.70. The number of carbonyl (C=O) groups is 2. The van der Waals surface area contributed by atoms with Crippen LogP contribution >= 0.6 is 0 Å². The molecule has 15 heavy (non-hydrogen) atoms. The van der Waals surface area contributed by atoms with Gasteiger partial charge in [0.25, 0.3) is 0 Å². The summed E-state index contributed by atoms with van der Waals surface area (Å²) in [6, 6.07) is -0.0958. The maximum atomic E-state index is 11.4. The fraction of sp³-hybridized carbons (Fsp3) is 0.818. The molecule has 86 valence electrons. The van der Waals surface area contributed by atoms with Gasteiger partial charge in [-0.1, -0.05) is 26.2 Å². The van der Waals surface area contributed by atoms with Crippen LogP contribution in [0, 0.1) is 5.92 Å². The van der Waals surface area contributed by atoms with Crippen LogP contribution in [0.15, 0.2) is 0 Å². The fourth-order valence-electron chi connectivity index (χ4n) is 2.17. The summed E-state index contributed by atoms with van der Waals surface area (Å²) in [6.07, 6.45) is 4.20. The van der Waals surface area contributed by atoms with Crippen LogP contribution < -0.4 is 0 Å². The van der Waals surface area contributed by atoms with E-state index in [0.717, 1.165) is 25.7 Å². The second-order valence-corrected chi connectivity index (χ2v) is 4.22. The first-order valence-electron chi connectivity index (χ1n) is 5.56. The van der Waals surface area contributed by atoms with Gasteiger partial charge in [0.1, 0.15) is 0 Å². The van der Waals surface area contributed by atoms with Gasteiger partial charge in [0.05, 0.1) is 5.92 Å². The Bertz CT molecular complexity index is 252. The number of rotatable bonds is 5. The molecule has 0 aliphatic carbocycles. The Kier molecular flexibility index (Phi) is 4.12. The highest BCUT2D eigenvalue weighted by Gasteiger charge is 2.41. The summed E-state index contributed by atoms with van der Waals surface area (Å²) < 4.78 is 0. The lowest BCUT2D eigenvalue weighted by Crippen LogP contribution is -2.34. The predicted molar refractivity (Wildman–Crippen MR) is 56.4 cm³/mol. The Morgan fingerprint density at radius 1 is 1.53 bits per heavy atom. The normalized spacial score (nSPS) is 26.0. The molecule has 0 aromatic rings. The molecule has 1 rings (SSSR count). The molecule has 0 aromatic heterocycles. The van der Waals surface area contributed by atoms with E-state index in [1.165, 1.54) is 0 Å². The minimum atomic E-state index is -0.839. The average Bonchev–Trinajstić information content (AvgIpc) is 2.46. The van der Waals surface area contributed by atoms with Crippen molar-refractivity contribution >= 4 is 11.9 Å². The third-order valence-electron chi connectivity index (χ3n) is 3.17. The van der Waals surface area contributed by atoms with Gasteiger partial charge in [0, 0.05) is 19.5 Å². The van der Waals surface area contributed by atoms with Crippen molar-refractivity contribution in [2.75, 3.05) is 7.05 Å². The van der Waals surface area contributed by atoms with Crippen LogP contribution in [0.4, 0.5) is 0 Å². The van der Waals surface area contributed by atoms with E-state index in [2.05, 4.69) is 6.92 Å². The quantitative estimate of drug-likeness (QED) is 0.704. The van der Waals surface area contributed by atoms with Crippen LogP contribution in [0.25, 0.3) is 0 Å². The first-order chi connectivity index (χ1) is 7.07. The maximum absolute atomic E-state index is 11.4. The van der Waals surface area contributed by atoms with E-state index < -0.39 is 11.9 Å². The van der Waals surface area contributed by atoms with Crippen LogP contribution in [0.5, 0.6) is 0 Å². The van der Waals surface area contributed by atoms with Crippen molar-refractivity contribution < 1.29 is 14.7 Å². The molecule has 1 saturated heterocycles. The Hall–Kier alpha value is -1.06. The van der Waals surface area contributed by atoms with Gasteiger partial charge in [0.15, 0.2) is 0 Å². The Balaban J connectivity index is 2.56. The van der Waals surface area contributed by atoms with E-state index in [9.17, 15) is 9.59 Å². The fourth-order valence-corrected chi connectivity index (χ4v) is 2.17. The van der Waals surface area contributed by atoms with Crippen molar-refractivity contribution in [3.05, 3.63) is 0 Å². The van der Waals surface area contributed by atoms with Gasteiger partial charge >= 0.3 is 5.97 Å². The highest BCUT2D eigenvalue weighted by atomic mass is 16.4. The Labute approximate surface area is 90.3 Å². The lowest BCUT2D eigenvalue weighted by atomic mass is 9.95. The van der Waals surface area contributed by atoms with Crippen molar-refractivity contribution in [3.8, 4) is 0 Å². The van der Waals surface area contributed by atoms with Crippen molar-refractivity contribution in [1.82, 2.24) is 4.90 Å². The largest absolute Gasteiger partial charge is 0.481 e. The molecule has 1 aliphatic rings. The number of carbonyl (C=O) groups excluding carboxylic acids is 1. The van der Waals surface area contributed by atoms with Crippen molar-refractivity contribution in [3.63, 3.8) is 0 Å². The van der Waals surface area contributed by atoms with Gasteiger partial charge < -0.3 is 10.0 Å². The highest BCUT2D eigenvalue weighted by molar-refractivity contribution is 5.86. The molecular formula is C11H19NO3. The molecule has 1 amide bonds. The number of unbranched alkanes of at least 4 members (excludes halogenated alkanes) is 2. The first-order valence-corrected chi connectivity index (χ1v) is 5.56. The summed E-state index contributed by atoms with van der Waals surface area (Å²) in [6.45, 7) is 2.11. The summed E-state index contributed by atoms with van der Waals surface area (Å²) in [5.74, 6) is -1.38. The van der Waals surface area contributed by atoms with Gasteiger partial charge in [-0.15, -0.1) is 0 Å². The molecule has 4 nitrogen and oxygen atoms in total. The van der Waals surface area contributed by atoms with E-state index in [4.69, 9.17) is 5.11 Å². The molecule has 1 fully saturated rings. The number of aliphatic carboxylic acids is 1. The Morgan fingerprint density at radius 2 is 2.20 bits per heavy atom. The SMILES string of the molecule is CCCCC[C@@H]1[C@@H](C(=O)O)CC(=O)N1C. The molecule has 1 heterocycles. The molecule has 0 radical (unpaired) electrons. The average molecular weight is 213 g/mol. The second-order valence-electron chi connectivity index (χ2n) is 4.22. The number of hydrogen-bond acceptors (Lipinski definition) is 2. The van der Waals surface area contributed by atoms with Crippen LogP contribution in [0.1, 0.15) is 39.0 Å². The van der Waals surface area contributed by atoms with E-state index in [0.29, 0.717) is 0 Å². The summed E-state index contributed by atoms with van der Waals surface area (Å²) >= 11 is 0. The molecule has 0 aromatic carbocycles. The Morgan fingerprint density at radius 3 is 2.73 bits per heavy atom. The third-order valence-corrected chi connectivity index (χ3v) is 3.17. The van der Waals surface area contributed by atoms with Crippen LogP contribution in [-0.2, 0) is 9.59 Å². The molecule has 2 atom stereocenters. The monoisotopic (exact) mass is 213 g/mol. The number of carboxylic acid groups (broad SMARTS) is 1. The van der Waals surface area contributed by atoms with E-state index in [1.54, 1.807) is 11.9 Å². The van der Waals surface area contributed by atoms with Crippen LogP contribution in [0.3, 0.4) is 0 Å². The topological polar surface area (TPSA) is 57.6 Å². The summed E-state index contributed by atoms with van der Waals surface area (Å²) in [7, 11) is 1.71. The van der Waals surface area contributed by atoms with Gasteiger partial charge in [0.2, 0.25) is 5.91 Å². The van der Waals surface area contributed by atoms with Gasteiger partial charge in [-0.05, 0) is 6.42 Å². The molecule has 0 bridgehead atoms. The van der Waals surface area contributed by atoms with E-state index >= 15 is 0 Å². The zero-order valence-corrected chi connectivity index (χ0v) is 9.40. The van der Waals surface area contributed by atoms with Crippen molar-refractivity contribution in [2.45, 2.75) is 45.1 Å². The smallest absolute Gasteiger partial charge is 0.309 e. The maximum Gasteiger partial charge on any atom is 0.309 e. The van der Waals surface area contributed by atoms with Crippen LogP contribution in [-0.4, -0.2) is 35.0 Å². The number of hydrogen-bond donors (Lipinski definition) is 1. The van der Waals surface area contributed by atoms with Crippen molar-refractivity contribution in [2.24, 2.45) is 5.92 Å². The lowest BCUT2D eigenvalue weighted by Gasteiger charge is -2.22. The zero-order chi connectivity index (χ0) is 11.4. The summed E-state index contributed by atoms with van der Waals surface area (Å²) in [4.78, 5) is 24.0. The minimum absolute atomic E-state index is 0.0381. The van der Waals surface area contributed by atoms with Gasteiger partial charge in [-0.2, -0.15) is 0 Å². The molecule has 1 N–H and O–H groups in total. The molecule has 1 aliphatic heterocycles. The molecular weight excluding hydrogens is 194 g/mol. The molecule has 0 unspecified atom stereocenters. The number of amides is 1. The number of nitrogens with zero attached hydrogens (tertiary/aromatic N) is 1. The van der Waals surface area contributed by atoms with Crippen LogP contribution in [0.2, 0.25) is 0 Å². The zero-order valence-electron chi connectivity index (χ0n) is 9.40. The second kappa shape index (κ2) is 5.14. The number of carboxylic acids is 1.